The maximum atomic E-state index is 13.3. The molecule has 2 saturated heterocycles. The monoisotopic (exact) mass is 433 g/mol. The second-order valence-electron chi connectivity index (χ2n) is 9.14. The van der Waals surface area contributed by atoms with Gasteiger partial charge in [0.2, 0.25) is 5.91 Å². The van der Waals surface area contributed by atoms with Gasteiger partial charge in [-0.05, 0) is 56.2 Å². The fraction of sp³-hybridized carbons (Fsp3) is 0.481. The van der Waals surface area contributed by atoms with E-state index in [1.54, 1.807) is 0 Å². The van der Waals surface area contributed by atoms with Crippen LogP contribution in [0.3, 0.4) is 0 Å². The number of likely N-dealkylation sites (tertiary alicyclic amines) is 1. The molecule has 0 saturated carbocycles. The van der Waals surface area contributed by atoms with Gasteiger partial charge >= 0.3 is 0 Å². The first-order chi connectivity index (χ1) is 15.6. The molecule has 5 nitrogen and oxygen atoms in total. The molecular formula is C27H35N3O2. The summed E-state index contributed by atoms with van der Waals surface area (Å²) < 4.78 is 0. The SMILES string of the molecule is CC1CCCCN1C(=O)CN1CCN(C(=O)c2ccccc2CCc2ccccc2)CC1. The lowest BCUT2D eigenvalue weighted by Gasteiger charge is -2.38. The molecule has 1 atom stereocenters. The molecule has 0 radical (unpaired) electrons. The summed E-state index contributed by atoms with van der Waals surface area (Å²) in [7, 11) is 0. The van der Waals surface area contributed by atoms with Crippen molar-refractivity contribution in [2.24, 2.45) is 0 Å². The van der Waals surface area contributed by atoms with Crippen LogP contribution in [-0.2, 0) is 17.6 Å². The molecule has 170 valence electrons. The Balaban J connectivity index is 1.31. The van der Waals surface area contributed by atoms with Gasteiger partial charge in [0.15, 0.2) is 0 Å². The predicted octanol–water partition coefficient (Wildman–Crippen LogP) is 3.63. The highest BCUT2D eigenvalue weighted by atomic mass is 16.2. The zero-order valence-electron chi connectivity index (χ0n) is 19.2. The van der Waals surface area contributed by atoms with Crippen LogP contribution in [0.5, 0.6) is 0 Å². The van der Waals surface area contributed by atoms with Crippen LogP contribution in [0.2, 0.25) is 0 Å². The summed E-state index contributed by atoms with van der Waals surface area (Å²) in [5.74, 6) is 0.354. The van der Waals surface area contributed by atoms with Crippen LogP contribution >= 0.6 is 0 Å². The first-order valence-corrected chi connectivity index (χ1v) is 12.0. The molecule has 2 aromatic rings. The van der Waals surface area contributed by atoms with E-state index in [1.807, 2.05) is 34.1 Å². The smallest absolute Gasteiger partial charge is 0.254 e. The van der Waals surface area contributed by atoms with Crippen LogP contribution in [0, 0.1) is 0 Å². The quantitative estimate of drug-likeness (QED) is 0.699. The number of aryl methyl sites for hydroxylation is 2. The molecular weight excluding hydrogens is 398 g/mol. The van der Waals surface area contributed by atoms with Crippen molar-refractivity contribution in [1.29, 1.82) is 0 Å². The predicted molar refractivity (Wildman–Crippen MR) is 128 cm³/mol. The number of carbonyl (C=O) groups is 2. The average Bonchev–Trinajstić information content (AvgIpc) is 2.84. The molecule has 0 bridgehead atoms. The van der Waals surface area contributed by atoms with Crippen molar-refractivity contribution in [2.75, 3.05) is 39.3 Å². The lowest BCUT2D eigenvalue weighted by atomic mass is 9.99. The van der Waals surface area contributed by atoms with Gasteiger partial charge in [0, 0.05) is 44.3 Å². The second-order valence-corrected chi connectivity index (χ2v) is 9.14. The summed E-state index contributed by atoms with van der Waals surface area (Å²) in [6, 6.07) is 18.8. The second kappa shape index (κ2) is 10.8. The van der Waals surface area contributed by atoms with Gasteiger partial charge in [-0.15, -0.1) is 0 Å². The molecule has 0 aliphatic carbocycles. The number of amides is 2. The number of nitrogens with zero attached hydrogens (tertiary/aromatic N) is 3. The maximum absolute atomic E-state index is 13.3. The highest BCUT2D eigenvalue weighted by Crippen LogP contribution is 2.18. The van der Waals surface area contributed by atoms with Crippen molar-refractivity contribution in [1.82, 2.24) is 14.7 Å². The van der Waals surface area contributed by atoms with E-state index in [0.717, 1.165) is 56.4 Å². The molecule has 2 amide bonds. The third-order valence-corrected chi connectivity index (χ3v) is 6.92. The third-order valence-electron chi connectivity index (χ3n) is 6.92. The first-order valence-electron chi connectivity index (χ1n) is 12.0. The molecule has 0 spiro atoms. The Kier molecular flexibility index (Phi) is 7.59. The zero-order chi connectivity index (χ0) is 22.3. The number of carbonyl (C=O) groups excluding carboxylic acids is 2. The fourth-order valence-electron chi connectivity index (χ4n) is 4.90. The van der Waals surface area contributed by atoms with E-state index in [4.69, 9.17) is 0 Å². The number of hydrogen-bond donors (Lipinski definition) is 0. The molecule has 2 aliphatic heterocycles. The Bertz CT molecular complexity index is 906. The molecule has 2 aliphatic rings. The van der Waals surface area contributed by atoms with E-state index in [1.165, 1.54) is 12.0 Å². The molecule has 32 heavy (non-hydrogen) atoms. The Morgan fingerprint density at radius 2 is 1.56 bits per heavy atom. The summed E-state index contributed by atoms with van der Waals surface area (Å²) in [4.78, 5) is 32.2. The van der Waals surface area contributed by atoms with E-state index in [-0.39, 0.29) is 11.8 Å². The standard InChI is InChI=1S/C27H35N3O2/c1-22-9-7-8-16-30(22)26(31)21-28-17-19-29(20-18-28)27(32)25-13-6-5-12-24(25)15-14-23-10-3-2-4-11-23/h2-6,10-13,22H,7-9,14-21H2,1H3. The Morgan fingerprint density at radius 1 is 0.844 bits per heavy atom. The van der Waals surface area contributed by atoms with E-state index in [2.05, 4.69) is 42.2 Å². The van der Waals surface area contributed by atoms with Crippen LogP contribution in [-0.4, -0.2) is 71.8 Å². The van der Waals surface area contributed by atoms with Crippen LogP contribution in [0.1, 0.15) is 47.7 Å². The average molecular weight is 434 g/mol. The summed E-state index contributed by atoms with van der Waals surface area (Å²) in [6.45, 7) is 6.38. The lowest BCUT2D eigenvalue weighted by molar-refractivity contribution is -0.136. The summed E-state index contributed by atoms with van der Waals surface area (Å²) >= 11 is 0. The minimum atomic E-state index is 0.115. The van der Waals surface area contributed by atoms with E-state index < -0.39 is 0 Å². The van der Waals surface area contributed by atoms with Crippen LogP contribution in [0.15, 0.2) is 54.6 Å². The van der Waals surface area contributed by atoms with Gasteiger partial charge in [-0.1, -0.05) is 48.5 Å². The van der Waals surface area contributed by atoms with Crippen molar-refractivity contribution in [3.63, 3.8) is 0 Å². The highest BCUT2D eigenvalue weighted by Gasteiger charge is 2.28. The molecule has 2 heterocycles. The normalized spacial score (nSPS) is 19.7. The molecule has 0 aromatic heterocycles. The van der Waals surface area contributed by atoms with E-state index in [0.29, 0.717) is 25.7 Å². The number of hydrogen-bond acceptors (Lipinski definition) is 3. The molecule has 0 N–H and O–H groups in total. The minimum absolute atomic E-state index is 0.115. The van der Waals surface area contributed by atoms with Gasteiger partial charge in [0.1, 0.15) is 0 Å². The highest BCUT2D eigenvalue weighted by molar-refractivity contribution is 5.95. The number of piperidine rings is 1. The topological polar surface area (TPSA) is 43.9 Å². The van der Waals surface area contributed by atoms with Gasteiger partial charge in [-0.2, -0.15) is 0 Å². The van der Waals surface area contributed by atoms with Crippen molar-refractivity contribution in [3.05, 3.63) is 71.3 Å². The minimum Gasteiger partial charge on any atom is -0.339 e. The van der Waals surface area contributed by atoms with Crippen LogP contribution < -0.4 is 0 Å². The first kappa shape index (κ1) is 22.5. The van der Waals surface area contributed by atoms with Gasteiger partial charge in [-0.25, -0.2) is 0 Å². The fourth-order valence-corrected chi connectivity index (χ4v) is 4.90. The largest absolute Gasteiger partial charge is 0.339 e. The molecule has 4 rings (SSSR count). The zero-order valence-corrected chi connectivity index (χ0v) is 19.2. The van der Waals surface area contributed by atoms with E-state index >= 15 is 0 Å². The van der Waals surface area contributed by atoms with E-state index in [9.17, 15) is 9.59 Å². The Labute approximate surface area is 192 Å². The van der Waals surface area contributed by atoms with Gasteiger partial charge in [-0.3, -0.25) is 14.5 Å². The van der Waals surface area contributed by atoms with Crippen molar-refractivity contribution < 1.29 is 9.59 Å². The number of benzene rings is 2. The molecule has 2 fully saturated rings. The molecule has 5 heteroatoms. The van der Waals surface area contributed by atoms with Crippen molar-refractivity contribution in [3.8, 4) is 0 Å². The van der Waals surface area contributed by atoms with Gasteiger partial charge < -0.3 is 9.80 Å². The molecule has 1 unspecified atom stereocenters. The van der Waals surface area contributed by atoms with Gasteiger partial charge in [0.25, 0.3) is 5.91 Å². The summed E-state index contributed by atoms with van der Waals surface area (Å²) in [5.41, 5.74) is 3.21. The van der Waals surface area contributed by atoms with Crippen LogP contribution in [0.25, 0.3) is 0 Å². The van der Waals surface area contributed by atoms with Crippen LogP contribution in [0.4, 0.5) is 0 Å². The number of rotatable bonds is 6. The van der Waals surface area contributed by atoms with Crippen molar-refractivity contribution >= 4 is 11.8 Å². The Hall–Kier alpha value is -2.66. The van der Waals surface area contributed by atoms with Gasteiger partial charge in [0.05, 0.1) is 6.54 Å². The third kappa shape index (κ3) is 5.57. The summed E-state index contributed by atoms with van der Waals surface area (Å²) in [6.07, 6.45) is 5.22. The Morgan fingerprint density at radius 3 is 2.31 bits per heavy atom. The maximum Gasteiger partial charge on any atom is 0.254 e. The summed E-state index contributed by atoms with van der Waals surface area (Å²) in [5, 5.41) is 0. The number of piperazine rings is 1. The van der Waals surface area contributed by atoms with Crippen molar-refractivity contribution in [2.45, 2.75) is 45.1 Å². The lowest BCUT2D eigenvalue weighted by Crippen LogP contribution is -2.53. The molecule has 2 aromatic carbocycles.